The molecule has 0 aliphatic heterocycles. The van der Waals surface area contributed by atoms with Crippen molar-refractivity contribution in [3.05, 3.63) is 53.1 Å². The monoisotopic (exact) mass is 554 g/mol. The maximum Gasteiger partial charge on any atom is 0.232 e. The zero-order valence-electron chi connectivity index (χ0n) is 20.7. The fraction of sp³-hybridized carbons (Fsp3) is 0.375. The van der Waals surface area contributed by atoms with E-state index in [2.05, 4.69) is 35.9 Å². The van der Waals surface area contributed by atoms with Crippen LogP contribution in [-0.2, 0) is 22.4 Å². The molecule has 1 aliphatic carbocycles. The number of amides is 2. The van der Waals surface area contributed by atoms with E-state index in [0.29, 0.717) is 33.8 Å². The number of nitrogens with two attached hydrogens (primary N) is 3. The van der Waals surface area contributed by atoms with Crippen LogP contribution in [0.1, 0.15) is 48.0 Å². The third-order valence-corrected chi connectivity index (χ3v) is 8.08. The number of hydrogen-bond acceptors (Lipinski definition) is 12. The Bertz CT molecular complexity index is 1260. The van der Waals surface area contributed by atoms with Crippen molar-refractivity contribution < 1.29 is 9.59 Å². The highest BCUT2D eigenvalue weighted by molar-refractivity contribution is 8.13. The van der Waals surface area contributed by atoms with Gasteiger partial charge in [0.05, 0.1) is 47.5 Å². The molecule has 0 radical (unpaired) electrons. The molecule has 3 aromatic heterocycles. The standard InChI is InChI=1S/C24H30N10O2S2/c25-16-4-6-18(28-11-16)9-20(35)30-13-37-22(32-27)14-2-1-3-15(8-14)23-33-34-24(38-23)31-21(36)10-19-7-5-17(26)12-29-19/h4-7,11-12,14-15H,1-3,8-10,13,25-27H2,(H,30,35)(H,31,34,36)/b32-22-/t14-,15-/m0/s1. The molecule has 3 heterocycles. The van der Waals surface area contributed by atoms with Gasteiger partial charge < -0.3 is 27.9 Å². The lowest BCUT2D eigenvalue weighted by Gasteiger charge is -2.28. The number of hydrogen-bond donors (Lipinski definition) is 5. The Hall–Kier alpha value is -3.78. The van der Waals surface area contributed by atoms with Crippen molar-refractivity contribution in [3.8, 4) is 0 Å². The molecule has 2 amide bonds. The van der Waals surface area contributed by atoms with E-state index in [1.165, 1.54) is 35.5 Å². The number of aromatic nitrogens is 4. The van der Waals surface area contributed by atoms with Gasteiger partial charge in [0.1, 0.15) is 5.01 Å². The van der Waals surface area contributed by atoms with Gasteiger partial charge in [0.15, 0.2) is 0 Å². The number of pyridine rings is 2. The van der Waals surface area contributed by atoms with E-state index in [9.17, 15) is 9.59 Å². The molecular weight excluding hydrogens is 524 g/mol. The summed E-state index contributed by atoms with van der Waals surface area (Å²) < 4.78 is 0. The molecule has 1 saturated carbocycles. The smallest absolute Gasteiger partial charge is 0.232 e. The van der Waals surface area contributed by atoms with Crippen LogP contribution in [0.15, 0.2) is 41.8 Å². The fourth-order valence-corrected chi connectivity index (χ4v) is 5.99. The topological polar surface area (TPSA) is 200 Å². The normalized spacial score (nSPS) is 17.6. The zero-order chi connectivity index (χ0) is 26.9. The molecule has 0 saturated heterocycles. The van der Waals surface area contributed by atoms with Gasteiger partial charge in [-0.2, -0.15) is 5.10 Å². The largest absolute Gasteiger partial charge is 0.397 e. The number of nitrogen functional groups attached to an aromatic ring is 2. The Kier molecular flexibility index (Phi) is 9.43. The molecule has 0 bridgehead atoms. The minimum Gasteiger partial charge on any atom is -0.397 e. The van der Waals surface area contributed by atoms with Crippen molar-refractivity contribution in [1.82, 2.24) is 25.5 Å². The molecule has 1 fully saturated rings. The van der Waals surface area contributed by atoms with Crippen LogP contribution in [-0.4, -0.2) is 42.9 Å². The minimum atomic E-state index is -0.213. The van der Waals surface area contributed by atoms with Gasteiger partial charge in [0.25, 0.3) is 0 Å². The molecule has 3 aromatic rings. The van der Waals surface area contributed by atoms with E-state index in [0.717, 1.165) is 35.7 Å². The maximum atomic E-state index is 12.4. The first-order valence-electron chi connectivity index (χ1n) is 12.1. The van der Waals surface area contributed by atoms with E-state index in [1.807, 2.05) is 0 Å². The zero-order valence-corrected chi connectivity index (χ0v) is 22.3. The van der Waals surface area contributed by atoms with E-state index in [4.69, 9.17) is 17.3 Å². The Morgan fingerprint density at radius 1 is 1.00 bits per heavy atom. The summed E-state index contributed by atoms with van der Waals surface area (Å²) in [6.07, 6.45) is 7.11. The van der Waals surface area contributed by atoms with Crippen LogP contribution in [0.4, 0.5) is 16.5 Å². The third kappa shape index (κ3) is 7.86. The fourth-order valence-electron chi connectivity index (χ4n) is 4.18. The first-order valence-corrected chi connectivity index (χ1v) is 13.9. The number of hydrazone groups is 1. The summed E-state index contributed by atoms with van der Waals surface area (Å²) in [7, 11) is 0. The van der Waals surface area contributed by atoms with Crippen LogP contribution in [0, 0.1) is 5.92 Å². The highest BCUT2D eigenvalue weighted by Crippen LogP contribution is 2.40. The van der Waals surface area contributed by atoms with Crippen LogP contribution in [0.5, 0.6) is 0 Å². The molecule has 14 heteroatoms. The summed E-state index contributed by atoms with van der Waals surface area (Å²) in [6, 6.07) is 6.89. The van der Waals surface area contributed by atoms with Gasteiger partial charge in [-0.05, 0) is 43.5 Å². The Labute approximate surface area is 228 Å². The summed E-state index contributed by atoms with van der Waals surface area (Å²) in [5.41, 5.74) is 13.7. The molecule has 0 spiro atoms. The number of carbonyl (C=O) groups is 2. The van der Waals surface area contributed by atoms with Crippen LogP contribution < -0.4 is 27.9 Å². The maximum absolute atomic E-state index is 12.4. The number of thioether (sulfide) groups is 1. The lowest BCUT2D eigenvalue weighted by molar-refractivity contribution is -0.120. The SMILES string of the molecule is N/N=C(\SCNC(=O)Cc1ccc(N)cn1)[C@H]1CCC[C@H](c2nnc(NC(=O)Cc3ccc(N)cn3)s2)C1. The van der Waals surface area contributed by atoms with Crippen LogP contribution in [0.3, 0.4) is 0 Å². The number of nitrogens with one attached hydrogen (secondary N) is 2. The quantitative estimate of drug-likeness (QED) is 0.0859. The average Bonchev–Trinajstić information content (AvgIpc) is 3.38. The second-order valence-electron chi connectivity index (χ2n) is 8.93. The first kappa shape index (κ1) is 27.3. The van der Waals surface area contributed by atoms with E-state index >= 15 is 0 Å². The molecule has 4 rings (SSSR count). The number of anilines is 3. The van der Waals surface area contributed by atoms with Gasteiger partial charge in [-0.25, -0.2) is 0 Å². The molecule has 200 valence electrons. The van der Waals surface area contributed by atoms with E-state index in [1.54, 1.807) is 24.3 Å². The van der Waals surface area contributed by atoms with Crippen molar-refractivity contribution in [2.75, 3.05) is 22.7 Å². The molecule has 38 heavy (non-hydrogen) atoms. The van der Waals surface area contributed by atoms with Gasteiger partial charge in [0, 0.05) is 23.2 Å². The lowest BCUT2D eigenvalue weighted by Crippen LogP contribution is -2.28. The van der Waals surface area contributed by atoms with E-state index < -0.39 is 0 Å². The van der Waals surface area contributed by atoms with E-state index in [-0.39, 0.29) is 36.5 Å². The van der Waals surface area contributed by atoms with Crippen LogP contribution in [0.25, 0.3) is 0 Å². The van der Waals surface area contributed by atoms with Crippen molar-refractivity contribution in [2.45, 2.75) is 44.4 Å². The number of rotatable bonds is 9. The summed E-state index contributed by atoms with van der Waals surface area (Å²) in [4.78, 5) is 32.9. The molecule has 1 aliphatic rings. The molecular formula is C24H30N10O2S2. The molecule has 2 atom stereocenters. The third-order valence-electron chi connectivity index (χ3n) is 6.05. The second-order valence-corrected chi connectivity index (χ2v) is 10.9. The summed E-state index contributed by atoms with van der Waals surface area (Å²) in [5, 5.41) is 20.3. The molecule has 0 aromatic carbocycles. The van der Waals surface area contributed by atoms with Crippen molar-refractivity contribution >= 4 is 56.5 Å². The first-order chi connectivity index (χ1) is 18.4. The van der Waals surface area contributed by atoms with Crippen molar-refractivity contribution in [3.63, 3.8) is 0 Å². The minimum absolute atomic E-state index is 0.126. The molecule has 8 N–H and O–H groups in total. The Balaban J connectivity index is 1.25. The van der Waals surface area contributed by atoms with Crippen LogP contribution in [0.2, 0.25) is 0 Å². The number of nitrogens with zero attached hydrogens (tertiary/aromatic N) is 5. The van der Waals surface area contributed by atoms with Crippen LogP contribution >= 0.6 is 23.1 Å². The van der Waals surface area contributed by atoms with Gasteiger partial charge in [0.2, 0.25) is 16.9 Å². The molecule has 0 unspecified atom stereocenters. The lowest BCUT2D eigenvalue weighted by atomic mass is 9.82. The number of carbonyl (C=O) groups excluding carboxylic acids is 2. The summed E-state index contributed by atoms with van der Waals surface area (Å²) in [5.74, 6) is 6.09. The van der Waals surface area contributed by atoms with Crippen molar-refractivity contribution in [2.24, 2.45) is 16.9 Å². The summed E-state index contributed by atoms with van der Waals surface area (Å²) >= 11 is 2.81. The Morgan fingerprint density at radius 3 is 2.32 bits per heavy atom. The predicted molar refractivity (Wildman–Crippen MR) is 150 cm³/mol. The van der Waals surface area contributed by atoms with Gasteiger partial charge in [-0.15, -0.1) is 10.2 Å². The average molecular weight is 555 g/mol. The Morgan fingerprint density at radius 2 is 1.68 bits per heavy atom. The van der Waals surface area contributed by atoms with Gasteiger partial charge in [-0.3, -0.25) is 19.6 Å². The second kappa shape index (κ2) is 13.1. The highest BCUT2D eigenvalue weighted by atomic mass is 32.2. The van der Waals surface area contributed by atoms with Crippen molar-refractivity contribution in [1.29, 1.82) is 0 Å². The predicted octanol–water partition coefficient (Wildman–Crippen LogP) is 2.27. The van der Waals surface area contributed by atoms with Gasteiger partial charge >= 0.3 is 0 Å². The highest BCUT2D eigenvalue weighted by Gasteiger charge is 2.29. The summed E-state index contributed by atoms with van der Waals surface area (Å²) in [6.45, 7) is 0. The van der Waals surface area contributed by atoms with Gasteiger partial charge in [-0.1, -0.05) is 29.5 Å². The molecule has 12 nitrogen and oxygen atoms in total.